The third kappa shape index (κ3) is 6.51. The number of ketones is 1. The van der Waals surface area contributed by atoms with Crippen LogP contribution in [0.2, 0.25) is 0 Å². The third-order valence-electron chi connectivity index (χ3n) is 9.89. The fourth-order valence-electron chi connectivity index (χ4n) is 6.47. The van der Waals surface area contributed by atoms with Crippen LogP contribution in [-0.2, 0) is 14.3 Å². The minimum atomic E-state index is -2.05. The lowest BCUT2D eigenvalue weighted by molar-refractivity contribution is -0.112. The molecule has 5 bridgehead atoms. The molecule has 7 N–H and O–H groups in total. The maximum absolute atomic E-state index is 13.9. The number of carbonyl (C=O) groups is 3. The second-order valence-corrected chi connectivity index (χ2v) is 13.2. The zero-order valence-corrected chi connectivity index (χ0v) is 28.7. The second-order valence-electron chi connectivity index (χ2n) is 13.2. The van der Waals surface area contributed by atoms with E-state index in [9.17, 15) is 45.0 Å². The number of allylic oxidation sites excluding steroid dienone is 2. The van der Waals surface area contributed by atoms with Gasteiger partial charge in [0.1, 0.15) is 17.2 Å². The van der Waals surface area contributed by atoms with Crippen LogP contribution in [0.15, 0.2) is 36.1 Å². The number of nitrogens with one attached hydrogen (secondary N) is 1. The number of fused-ring (bicyclic) bond motifs is 14. The number of aliphatic hydroxyl groups excluding tert-OH is 3. The summed E-state index contributed by atoms with van der Waals surface area (Å²) < 4.78 is 17.3. The molecule has 3 heterocycles. The summed E-state index contributed by atoms with van der Waals surface area (Å²) in [5.74, 6) is -8.42. The fraction of sp³-hybridized carbons (Fsp3) is 0.472. The fourth-order valence-corrected chi connectivity index (χ4v) is 6.47. The Labute approximate surface area is 284 Å². The van der Waals surface area contributed by atoms with Gasteiger partial charge in [0, 0.05) is 54.2 Å². The van der Waals surface area contributed by atoms with Crippen molar-refractivity contribution in [1.29, 1.82) is 0 Å². The molecule has 49 heavy (non-hydrogen) atoms. The van der Waals surface area contributed by atoms with Crippen molar-refractivity contribution in [2.24, 2.45) is 23.7 Å². The summed E-state index contributed by atoms with van der Waals surface area (Å²) >= 11 is 0. The van der Waals surface area contributed by atoms with Crippen LogP contribution in [0.3, 0.4) is 0 Å². The highest BCUT2D eigenvalue weighted by molar-refractivity contribution is 6.23. The molecule has 3 aliphatic heterocycles. The number of benzene rings is 2. The molecule has 0 aliphatic carbocycles. The number of carbonyl (C=O) groups excluding carboxylic acids is 3. The van der Waals surface area contributed by atoms with Gasteiger partial charge in [-0.05, 0) is 19.9 Å². The van der Waals surface area contributed by atoms with E-state index in [1.54, 1.807) is 33.8 Å². The Balaban J connectivity index is 1.91. The number of Topliss-reactive ketones (excluding diaryl/α,β-unsaturated/α-hetero) is 1. The Morgan fingerprint density at radius 1 is 0.878 bits per heavy atom. The molecule has 0 radical (unpaired) electrons. The number of rotatable bonds is 2. The Bertz CT molecular complexity index is 1750. The van der Waals surface area contributed by atoms with Gasteiger partial charge in [-0.2, -0.15) is 0 Å². The largest absolute Gasteiger partial charge is 0.507 e. The van der Waals surface area contributed by atoms with Gasteiger partial charge < -0.3 is 50.2 Å². The molecule has 266 valence electrons. The maximum atomic E-state index is 13.9. The highest BCUT2D eigenvalue weighted by Crippen LogP contribution is 2.55. The van der Waals surface area contributed by atoms with Crippen molar-refractivity contribution >= 4 is 34.4 Å². The lowest BCUT2D eigenvalue weighted by Crippen LogP contribution is -2.44. The van der Waals surface area contributed by atoms with Crippen molar-refractivity contribution in [3.8, 4) is 23.0 Å². The summed E-state index contributed by atoms with van der Waals surface area (Å²) in [6, 6.07) is 0. The number of phenols is 3. The molecule has 0 aromatic heterocycles. The minimum absolute atomic E-state index is 0.00862. The molecule has 0 saturated heterocycles. The monoisotopic (exact) mass is 683 g/mol. The predicted molar refractivity (Wildman–Crippen MR) is 180 cm³/mol. The zero-order chi connectivity index (χ0) is 36.7. The van der Waals surface area contributed by atoms with Gasteiger partial charge in [0.15, 0.2) is 12.0 Å². The van der Waals surface area contributed by atoms with Crippen LogP contribution in [0.25, 0.3) is 10.8 Å². The minimum Gasteiger partial charge on any atom is -0.507 e. The van der Waals surface area contributed by atoms with Crippen LogP contribution in [0.4, 0.5) is 5.69 Å². The number of hydrogen-bond donors (Lipinski definition) is 7. The summed E-state index contributed by atoms with van der Waals surface area (Å²) in [7, 11) is 1.41. The van der Waals surface area contributed by atoms with E-state index >= 15 is 0 Å². The number of hydrogen-bond acceptors (Lipinski definition) is 12. The number of aromatic hydroxyl groups is 3. The van der Waals surface area contributed by atoms with E-state index in [0.717, 1.165) is 6.26 Å². The van der Waals surface area contributed by atoms with E-state index in [4.69, 9.17) is 14.2 Å². The van der Waals surface area contributed by atoms with E-state index < -0.39 is 99.5 Å². The average molecular weight is 684 g/mol. The van der Waals surface area contributed by atoms with Crippen LogP contribution >= 0.6 is 0 Å². The highest BCUT2D eigenvalue weighted by Gasteiger charge is 2.49. The highest BCUT2D eigenvalue weighted by atomic mass is 16.7. The smallest absolute Gasteiger partial charge is 0.312 e. The van der Waals surface area contributed by atoms with Crippen molar-refractivity contribution in [2.45, 2.75) is 78.7 Å². The molecule has 0 fully saturated rings. The van der Waals surface area contributed by atoms with Crippen LogP contribution < -0.4 is 10.1 Å². The molecule has 13 heteroatoms. The van der Waals surface area contributed by atoms with Crippen molar-refractivity contribution in [3.05, 3.63) is 52.8 Å². The molecule has 9 atom stereocenters. The molecule has 5 rings (SSSR count). The molecule has 3 aliphatic rings. The normalized spacial score (nSPS) is 32.7. The van der Waals surface area contributed by atoms with Crippen molar-refractivity contribution in [3.63, 3.8) is 0 Å². The molecule has 13 nitrogen and oxygen atoms in total. The first-order valence-electron chi connectivity index (χ1n) is 16.0. The Hall–Kier alpha value is -4.43. The molecule has 9 unspecified atom stereocenters. The van der Waals surface area contributed by atoms with Gasteiger partial charge in [0.2, 0.25) is 0 Å². The Kier molecular flexibility index (Phi) is 10.8. The maximum Gasteiger partial charge on any atom is 0.312 e. The third-order valence-corrected chi connectivity index (χ3v) is 9.89. The number of ether oxygens (including phenoxy) is 3. The lowest BCUT2D eigenvalue weighted by atomic mass is 9.78. The predicted octanol–water partition coefficient (Wildman–Crippen LogP) is 4.00. The van der Waals surface area contributed by atoms with Crippen LogP contribution in [-0.4, -0.2) is 85.9 Å². The first-order valence-corrected chi connectivity index (χ1v) is 16.0. The average Bonchev–Trinajstić information content (AvgIpc) is 3.34. The number of aliphatic hydroxyl groups is 3. The molecule has 1 amide bonds. The quantitative estimate of drug-likeness (QED) is 0.136. The summed E-state index contributed by atoms with van der Waals surface area (Å²) in [6.45, 7) is 10.9. The Morgan fingerprint density at radius 3 is 2.10 bits per heavy atom. The van der Waals surface area contributed by atoms with Gasteiger partial charge in [-0.25, -0.2) is 0 Å². The van der Waals surface area contributed by atoms with Crippen molar-refractivity contribution in [2.75, 3.05) is 12.4 Å². The number of anilines is 1. The molecular formula is C36H45NO12. The molecule has 0 saturated carbocycles. The summed E-state index contributed by atoms with van der Waals surface area (Å²) in [5, 5.41) is 68.9. The molecule has 0 spiro atoms. The van der Waals surface area contributed by atoms with Crippen LogP contribution in [0.1, 0.15) is 67.8 Å². The molecule has 2 aromatic rings. The van der Waals surface area contributed by atoms with Crippen molar-refractivity contribution < 1.29 is 59.2 Å². The lowest BCUT2D eigenvalue weighted by Gasteiger charge is -2.36. The summed E-state index contributed by atoms with van der Waals surface area (Å²) in [6.07, 6.45) is 3.34. The van der Waals surface area contributed by atoms with Crippen molar-refractivity contribution in [1.82, 2.24) is 0 Å². The van der Waals surface area contributed by atoms with Gasteiger partial charge >= 0.3 is 5.79 Å². The SMILES string of the molecule is COC1/C=C/OC2(C)Oc3c(C)c(O)c4c(O)c(c(C=O)c(O)c4c3C2=O)NC(=O)C(C)=C/C=C\C(C)C(O)C(C)C(O)C(C)C(O)C1C. The van der Waals surface area contributed by atoms with Crippen LogP contribution in [0.5, 0.6) is 23.0 Å². The molecule has 2 aromatic carbocycles. The number of aldehydes is 1. The van der Waals surface area contributed by atoms with Gasteiger partial charge in [-0.3, -0.25) is 14.4 Å². The van der Waals surface area contributed by atoms with E-state index in [-0.39, 0.29) is 34.1 Å². The number of phenolic OH excluding ortho intramolecular Hbond substituents is 3. The first-order chi connectivity index (χ1) is 22.9. The number of methoxy groups -OCH3 is 1. The van der Waals surface area contributed by atoms with E-state index in [0.29, 0.717) is 0 Å². The Morgan fingerprint density at radius 2 is 1.49 bits per heavy atom. The molecular weight excluding hydrogens is 638 g/mol. The van der Waals surface area contributed by atoms with E-state index in [1.807, 2.05) is 0 Å². The van der Waals surface area contributed by atoms with Gasteiger partial charge in [-0.1, -0.05) is 45.9 Å². The van der Waals surface area contributed by atoms with Crippen LogP contribution in [0, 0.1) is 30.6 Å². The van der Waals surface area contributed by atoms with Gasteiger partial charge in [-0.15, -0.1) is 0 Å². The van der Waals surface area contributed by atoms with E-state index in [1.165, 1.54) is 46.1 Å². The number of amides is 1. The zero-order valence-electron chi connectivity index (χ0n) is 28.7. The van der Waals surface area contributed by atoms with Gasteiger partial charge in [0.05, 0.1) is 52.9 Å². The van der Waals surface area contributed by atoms with Gasteiger partial charge in [0.25, 0.3) is 11.7 Å². The topological polar surface area (TPSA) is 212 Å². The summed E-state index contributed by atoms with van der Waals surface area (Å²) in [5.41, 5.74) is -1.21. The second kappa shape index (κ2) is 14.2. The first kappa shape index (κ1) is 37.4. The summed E-state index contributed by atoms with van der Waals surface area (Å²) in [4.78, 5) is 39.4. The van der Waals surface area contributed by atoms with E-state index in [2.05, 4.69) is 5.32 Å². The standard InChI is InChI=1S/C36H45NO12/c1-15-10-9-11-16(2)35(46)37-26-21(14-38)31(43)23-24(32(26)44)30(42)20(6)33-25(23)34(45)36(7,49-33)48-13-12-22(47-8)17(3)28(40)19(5)29(41)18(4)27(15)39/h9-15,17-19,22,27-29,39-44H,1-8H3,(H,37,46)/b10-9-,13-12+,16-11?.